The number of benzene rings is 3. The van der Waals surface area contributed by atoms with Crippen LogP contribution in [0.25, 0.3) is 0 Å². The molecule has 1 saturated heterocycles. The van der Waals surface area contributed by atoms with E-state index in [0.29, 0.717) is 0 Å². The maximum atomic E-state index is 13.3. The fraction of sp³-hybridized carbons (Fsp3) is 0.296. The van der Waals surface area contributed by atoms with Crippen molar-refractivity contribution in [3.05, 3.63) is 89.5 Å². The number of nitrogens with zero attached hydrogens (tertiary/aromatic N) is 1. The molecule has 0 bridgehead atoms. The van der Waals surface area contributed by atoms with Crippen LogP contribution in [0.15, 0.2) is 72.8 Å². The molecule has 3 aromatic carbocycles. The summed E-state index contributed by atoms with van der Waals surface area (Å²) in [5.74, 6) is -0.0694. The quantitative estimate of drug-likeness (QED) is 0.514. The summed E-state index contributed by atoms with van der Waals surface area (Å²) >= 11 is 0. The highest BCUT2D eigenvalue weighted by Gasteiger charge is 2.21. The molecule has 0 aliphatic carbocycles. The van der Waals surface area contributed by atoms with E-state index in [1.807, 2.05) is 56.3 Å². The Balaban J connectivity index is 1.54. The molecule has 0 saturated carbocycles. The number of piperidine rings is 1. The average molecular weight is 414 g/mol. The smallest absolute Gasteiger partial charge is 0.251 e. The van der Waals surface area contributed by atoms with Gasteiger partial charge in [-0.1, -0.05) is 42.5 Å². The van der Waals surface area contributed by atoms with Crippen molar-refractivity contribution < 1.29 is 4.79 Å². The van der Waals surface area contributed by atoms with Gasteiger partial charge in [0.15, 0.2) is 0 Å². The SMILES string of the molecule is Cc1ccc(C)c(NC(=O)[C@@H](Nc2ccc(N3CCCCC3)cc2)c2ccccc2)c1. The summed E-state index contributed by atoms with van der Waals surface area (Å²) < 4.78 is 0. The maximum absolute atomic E-state index is 13.3. The molecule has 4 heteroatoms. The predicted molar refractivity (Wildman–Crippen MR) is 130 cm³/mol. The van der Waals surface area contributed by atoms with Gasteiger partial charge in [0, 0.05) is 30.2 Å². The number of carbonyl (C=O) groups excluding carboxylic acids is 1. The monoisotopic (exact) mass is 413 g/mol. The lowest BCUT2D eigenvalue weighted by Gasteiger charge is -2.29. The van der Waals surface area contributed by atoms with Gasteiger partial charge >= 0.3 is 0 Å². The van der Waals surface area contributed by atoms with Gasteiger partial charge in [0.1, 0.15) is 6.04 Å². The van der Waals surface area contributed by atoms with Crippen LogP contribution in [0, 0.1) is 13.8 Å². The van der Waals surface area contributed by atoms with Gasteiger partial charge in [-0.3, -0.25) is 4.79 Å². The summed E-state index contributed by atoms with van der Waals surface area (Å²) in [7, 11) is 0. The predicted octanol–water partition coefficient (Wildman–Crippen LogP) is 6.09. The van der Waals surface area contributed by atoms with Crippen molar-refractivity contribution in [3.63, 3.8) is 0 Å². The Hall–Kier alpha value is -3.27. The minimum Gasteiger partial charge on any atom is -0.372 e. The summed E-state index contributed by atoms with van der Waals surface area (Å²) in [6.45, 7) is 6.29. The largest absolute Gasteiger partial charge is 0.372 e. The lowest BCUT2D eigenvalue weighted by Crippen LogP contribution is -2.29. The molecule has 31 heavy (non-hydrogen) atoms. The fourth-order valence-corrected chi connectivity index (χ4v) is 4.11. The Morgan fingerprint density at radius 1 is 0.871 bits per heavy atom. The summed E-state index contributed by atoms with van der Waals surface area (Å²) in [4.78, 5) is 15.8. The zero-order valence-corrected chi connectivity index (χ0v) is 18.4. The second kappa shape index (κ2) is 9.69. The molecule has 1 aliphatic rings. The Kier molecular flexibility index (Phi) is 6.56. The van der Waals surface area contributed by atoms with Crippen molar-refractivity contribution in [2.75, 3.05) is 28.6 Å². The van der Waals surface area contributed by atoms with Crippen LogP contribution in [-0.4, -0.2) is 19.0 Å². The highest BCUT2D eigenvalue weighted by Crippen LogP contribution is 2.26. The molecule has 0 aromatic heterocycles. The highest BCUT2D eigenvalue weighted by molar-refractivity contribution is 5.98. The van der Waals surface area contributed by atoms with E-state index in [9.17, 15) is 4.79 Å². The standard InChI is InChI=1S/C27H31N3O/c1-20-11-12-21(2)25(19-20)29-27(31)26(22-9-5-3-6-10-22)28-23-13-15-24(16-14-23)30-17-7-4-8-18-30/h3,5-6,9-16,19,26,28H,4,7-8,17-18H2,1-2H3,(H,29,31)/t26-/m0/s1. The second-order valence-corrected chi connectivity index (χ2v) is 8.39. The van der Waals surface area contributed by atoms with Crippen LogP contribution in [0.2, 0.25) is 0 Å². The number of nitrogens with one attached hydrogen (secondary N) is 2. The molecule has 1 heterocycles. The molecule has 1 fully saturated rings. The Morgan fingerprint density at radius 3 is 2.29 bits per heavy atom. The first-order valence-electron chi connectivity index (χ1n) is 11.1. The van der Waals surface area contributed by atoms with Gasteiger partial charge in [-0.25, -0.2) is 0 Å². The van der Waals surface area contributed by atoms with Crippen LogP contribution in [0.4, 0.5) is 17.1 Å². The first kappa shape index (κ1) is 21.0. The molecular formula is C27H31N3O. The van der Waals surface area contributed by atoms with Crippen LogP contribution in [-0.2, 0) is 4.79 Å². The first-order chi connectivity index (χ1) is 15.1. The van der Waals surface area contributed by atoms with E-state index in [1.54, 1.807) is 0 Å². The van der Waals surface area contributed by atoms with E-state index in [0.717, 1.165) is 41.2 Å². The van der Waals surface area contributed by atoms with Crippen LogP contribution in [0.1, 0.15) is 42.0 Å². The van der Waals surface area contributed by atoms with E-state index in [2.05, 4.69) is 45.9 Å². The van der Waals surface area contributed by atoms with E-state index < -0.39 is 6.04 Å². The van der Waals surface area contributed by atoms with Crippen LogP contribution in [0.3, 0.4) is 0 Å². The molecule has 1 atom stereocenters. The Bertz CT molecular complexity index is 1010. The van der Waals surface area contributed by atoms with E-state index in [1.165, 1.54) is 24.9 Å². The number of anilines is 3. The van der Waals surface area contributed by atoms with Gasteiger partial charge in [0.25, 0.3) is 5.91 Å². The van der Waals surface area contributed by atoms with Crippen molar-refractivity contribution >= 4 is 23.0 Å². The normalized spacial score (nSPS) is 14.7. The first-order valence-corrected chi connectivity index (χ1v) is 11.1. The van der Waals surface area contributed by atoms with Gasteiger partial charge < -0.3 is 15.5 Å². The van der Waals surface area contributed by atoms with Gasteiger partial charge in [0.2, 0.25) is 0 Å². The molecule has 0 radical (unpaired) electrons. The fourth-order valence-electron chi connectivity index (χ4n) is 4.11. The summed E-state index contributed by atoms with van der Waals surface area (Å²) in [5, 5.41) is 6.57. The van der Waals surface area contributed by atoms with Crippen LogP contribution >= 0.6 is 0 Å². The summed E-state index contributed by atoms with van der Waals surface area (Å²) in [6, 6.07) is 24.0. The van der Waals surface area contributed by atoms with Crippen LogP contribution < -0.4 is 15.5 Å². The zero-order chi connectivity index (χ0) is 21.6. The lowest BCUT2D eigenvalue weighted by molar-refractivity contribution is -0.117. The molecule has 4 nitrogen and oxygen atoms in total. The number of aryl methyl sites for hydroxylation is 2. The van der Waals surface area contributed by atoms with Crippen molar-refractivity contribution in [2.45, 2.75) is 39.2 Å². The van der Waals surface area contributed by atoms with Gasteiger partial charge in [-0.2, -0.15) is 0 Å². The molecule has 4 rings (SSSR count). The molecular weight excluding hydrogens is 382 g/mol. The van der Waals surface area contributed by atoms with Gasteiger partial charge in [0.05, 0.1) is 0 Å². The molecule has 0 unspecified atom stereocenters. The number of hydrogen-bond donors (Lipinski definition) is 2. The molecule has 0 spiro atoms. The Labute approximate surface area is 185 Å². The summed E-state index contributed by atoms with van der Waals surface area (Å²) in [6.07, 6.45) is 3.84. The average Bonchev–Trinajstić information content (AvgIpc) is 2.81. The van der Waals surface area contributed by atoms with Crippen molar-refractivity contribution in [3.8, 4) is 0 Å². The minimum atomic E-state index is -0.484. The number of carbonyl (C=O) groups is 1. The third kappa shape index (κ3) is 5.26. The number of rotatable bonds is 6. The minimum absolute atomic E-state index is 0.0694. The molecule has 3 aromatic rings. The van der Waals surface area contributed by atoms with Gasteiger partial charge in [-0.15, -0.1) is 0 Å². The van der Waals surface area contributed by atoms with Crippen molar-refractivity contribution in [1.29, 1.82) is 0 Å². The number of amides is 1. The van der Waals surface area contributed by atoms with E-state index >= 15 is 0 Å². The molecule has 2 N–H and O–H groups in total. The zero-order valence-electron chi connectivity index (χ0n) is 18.4. The van der Waals surface area contributed by atoms with Crippen molar-refractivity contribution in [1.82, 2.24) is 0 Å². The van der Waals surface area contributed by atoms with Crippen molar-refractivity contribution in [2.24, 2.45) is 0 Å². The second-order valence-electron chi connectivity index (χ2n) is 8.39. The summed E-state index contributed by atoms with van der Waals surface area (Å²) in [5.41, 5.74) is 6.15. The third-order valence-corrected chi connectivity index (χ3v) is 5.95. The Morgan fingerprint density at radius 2 is 1.58 bits per heavy atom. The van der Waals surface area contributed by atoms with Gasteiger partial charge in [-0.05, 0) is 80.1 Å². The number of hydrogen-bond acceptors (Lipinski definition) is 3. The lowest BCUT2D eigenvalue weighted by atomic mass is 10.0. The molecule has 160 valence electrons. The highest BCUT2D eigenvalue weighted by atomic mass is 16.2. The maximum Gasteiger partial charge on any atom is 0.251 e. The van der Waals surface area contributed by atoms with E-state index in [4.69, 9.17) is 0 Å². The molecule has 1 amide bonds. The van der Waals surface area contributed by atoms with E-state index in [-0.39, 0.29) is 5.91 Å². The topological polar surface area (TPSA) is 44.4 Å². The van der Waals surface area contributed by atoms with Crippen LogP contribution in [0.5, 0.6) is 0 Å². The molecule has 1 aliphatic heterocycles. The third-order valence-electron chi connectivity index (χ3n) is 5.95.